The van der Waals surface area contributed by atoms with Crippen LogP contribution >= 0.6 is 11.3 Å². The summed E-state index contributed by atoms with van der Waals surface area (Å²) in [5.41, 5.74) is 0.947. The molecule has 2 rings (SSSR count). The molecular weight excluding hydrogens is 388 g/mol. The topological polar surface area (TPSA) is 102 Å². The standard InChI is InChI=1S/C18H22N2O5S2/c1-13-5-7-14(8-6-13)27(23,24)16(15-4-3-11-26-15)12-20-18(22)17(21)19-9-10-25-2/h3-8,11,16H,9-10,12H2,1-2H3,(H,19,21)(H,20,22)/t16-/m0/s1. The van der Waals surface area contributed by atoms with Gasteiger partial charge in [0.05, 0.1) is 11.5 Å². The molecule has 0 aliphatic rings. The van der Waals surface area contributed by atoms with Crippen LogP contribution in [0.2, 0.25) is 0 Å². The quantitative estimate of drug-likeness (QED) is 0.507. The van der Waals surface area contributed by atoms with E-state index < -0.39 is 26.9 Å². The van der Waals surface area contributed by atoms with Crippen molar-refractivity contribution >= 4 is 33.0 Å². The molecular formula is C18H22N2O5S2. The fourth-order valence-corrected chi connectivity index (χ4v) is 5.13. The molecule has 0 aliphatic heterocycles. The minimum atomic E-state index is -3.74. The fourth-order valence-electron chi connectivity index (χ4n) is 2.34. The van der Waals surface area contributed by atoms with Gasteiger partial charge in [0.1, 0.15) is 5.25 Å². The van der Waals surface area contributed by atoms with Crippen molar-refractivity contribution in [3.63, 3.8) is 0 Å². The van der Waals surface area contributed by atoms with Crippen molar-refractivity contribution in [3.8, 4) is 0 Å². The van der Waals surface area contributed by atoms with Crippen molar-refractivity contribution in [2.75, 3.05) is 26.8 Å². The average Bonchev–Trinajstić information content (AvgIpc) is 3.16. The van der Waals surface area contributed by atoms with E-state index in [1.807, 2.05) is 6.92 Å². The van der Waals surface area contributed by atoms with Gasteiger partial charge >= 0.3 is 11.8 Å². The van der Waals surface area contributed by atoms with Gasteiger partial charge in [-0.3, -0.25) is 9.59 Å². The molecule has 7 nitrogen and oxygen atoms in total. The normalized spacial score (nSPS) is 12.4. The average molecular weight is 411 g/mol. The van der Waals surface area contributed by atoms with E-state index in [9.17, 15) is 18.0 Å². The van der Waals surface area contributed by atoms with Crippen LogP contribution in [-0.2, 0) is 24.2 Å². The van der Waals surface area contributed by atoms with E-state index in [1.165, 1.54) is 18.4 Å². The Hall–Kier alpha value is -2.23. The number of thiophene rings is 1. The number of sulfone groups is 1. The van der Waals surface area contributed by atoms with Crippen molar-refractivity contribution in [3.05, 3.63) is 52.2 Å². The zero-order valence-corrected chi connectivity index (χ0v) is 16.7. The third-order valence-corrected chi connectivity index (χ3v) is 7.06. The van der Waals surface area contributed by atoms with Gasteiger partial charge in [0.25, 0.3) is 0 Å². The summed E-state index contributed by atoms with van der Waals surface area (Å²) in [6.45, 7) is 2.14. The number of amides is 2. The van der Waals surface area contributed by atoms with E-state index in [4.69, 9.17) is 4.74 Å². The van der Waals surface area contributed by atoms with Crippen LogP contribution in [0.15, 0.2) is 46.7 Å². The summed E-state index contributed by atoms with van der Waals surface area (Å²) >= 11 is 1.29. The van der Waals surface area contributed by atoms with Crippen molar-refractivity contribution in [2.45, 2.75) is 17.1 Å². The third kappa shape index (κ3) is 5.62. The van der Waals surface area contributed by atoms with Crippen molar-refractivity contribution in [2.24, 2.45) is 0 Å². The first kappa shape index (κ1) is 21.1. The highest BCUT2D eigenvalue weighted by atomic mass is 32.2. The van der Waals surface area contributed by atoms with Crippen molar-refractivity contribution in [1.29, 1.82) is 0 Å². The van der Waals surface area contributed by atoms with Crippen LogP contribution in [0.5, 0.6) is 0 Å². The summed E-state index contributed by atoms with van der Waals surface area (Å²) in [7, 11) is -2.26. The Balaban J connectivity index is 2.15. The second-order valence-corrected chi connectivity index (χ2v) is 8.93. The highest BCUT2D eigenvalue weighted by molar-refractivity contribution is 7.91. The summed E-state index contributed by atoms with van der Waals surface area (Å²) in [5, 5.41) is 5.61. The lowest BCUT2D eigenvalue weighted by Crippen LogP contribution is -2.43. The Morgan fingerprint density at radius 1 is 1.11 bits per heavy atom. The second-order valence-electron chi connectivity index (χ2n) is 5.82. The molecule has 0 bridgehead atoms. The molecule has 9 heteroatoms. The highest BCUT2D eigenvalue weighted by Gasteiger charge is 2.31. The number of carbonyl (C=O) groups excluding carboxylic acids is 2. The first-order chi connectivity index (χ1) is 12.9. The highest BCUT2D eigenvalue weighted by Crippen LogP contribution is 2.31. The van der Waals surface area contributed by atoms with E-state index in [1.54, 1.807) is 41.8 Å². The predicted octanol–water partition coefficient (Wildman–Crippen LogP) is 1.45. The molecule has 2 N–H and O–H groups in total. The van der Waals surface area contributed by atoms with E-state index >= 15 is 0 Å². The van der Waals surface area contributed by atoms with Gasteiger partial charge < -0.3 is 15.4 Å². The van der Waals surface area contributed by atoms with Crippen LogP contribution in [-0.4, -0.2) is 47.0 Å². The van der Waals surface area contributed by atoms with E-state index in [2.05, 4.69) is 10.6 Å². The van der Waals surface area contributed by atoms with Gasteiger partial charge in [0.2, 0.25) is 0 Å². The second kappa shape index (κ2) is 9.63. The first-order valence-electron chi connectivity index (χ1n) is 8.25. The minimum Gasteiger partial charge on any atom is -0.383 e. The number of ether oxygens (including phenoxy) is 1. The number of rotatable bonds is 8. The van der Waals surface area contributed by atoms with Crippen LogP contribution in [0.25, 0.3) is 0 Å². The number of nitrogens with one attached hydrogen (secondary N) is 2. The SMILES string of the molecule is COCCNC(=O)C(=O)NC[C@@H](c1cccs1)S(=O)(=O)c1ccc(C)cc1. The maximum absolute atomic E-state index is 13.1. The number of aryl methyl sites for hydroxylation is 1. The van der Waals surface area contributed by atoms with Crippen molar-refractivity contribution in [1.82, 2.24) is 10.6 Å². The Morgan fingerprint density at radius 2 is 1.78 bits per heavy atom. The maximum Gasteiger partial charge on any atom is 0.309 e. The molecule has 2 amide bonds. The van der Waals surface area contributed by atoms with Crippen LogP contribution < -0.4 is 10.6 Å². The fraction of sp³-hybridized carbons (Fsp3) is 0.333. The molecule has 0 radical (unpaired) electrons. The Labute approximate surface area is 162 Å². The molecule has 1 heterocycles. The van der Waals surface area contributed by atoms with Crippen LogP contribution in [0, 0.1) is 6.92 Å². The predicted molar refractivity (Wildman–Crippen MR) is 103 cm³/mol. The van der Waals surface area contributed by atoms with Gasteiger partial charge in [-0.05, 0) is 30.5 Å². The van der Waals surface area contributed by atoms with Gasteiger partial charge in [-0.15, -0.1) is 11.3 Å². The van der Waals surface area contributed by atoms with E-state index in [0.717, 1.165) is 5.56 Å². The maximum atomic E-state index is 13.1. The Kier molecular flexibility index (Phi) is 7.52. The Morgan fingerprint density at radius 3 is 2.37 bits per heavy atom. The van der Waals surface area contributed by atoms with Gasteiger partial charge in [-0.2, -0.15) is 0 Å². The molecule has 0 aliphatic carbocycles. The first-order valence-corrected chi connectivity index (χ1v) is 10.7. The molecule has 1 aromatic carbocycles. The summed E-state index contributed by atoms with van der Waals surface area (Å²) < 4.78 is 30.9. The summed E-state index contributed by atoms with van der Waals surface area (Å²) in [6, 6.07) is 9.98. The van der Waals surface area contributed by atoms with E-state index in [-0.39, 0.29) is 24.6 Å². The molecule has 2 aromatic rings. The van der Waals surface area contributed by atoms with Crippen LogP contribution in [0.1, 0.15) is 15.7 Å². The monoisotopic (exact) mass is 410 g/mol. The van der Waals surface area contributed by atoms with Gasteiger partial charge in [0, 0.05) is 25.1 Å². The largest absolute Gasteiger partial charge is 0.383 e. The number of benzene rings is 1. The Bertz CT molecular complexity index is 862. The summed E-state index contributed by atoms with van der Waals surface area (Å²) in [4.78, 5) is 24.5. The smallest absolute Gasteiger partial charge is 0.309 e. The summed E-state index contributed by atoms with van der Waals surface area (Å²) in [5.74, 6) is -1.71. The third-order valence-electron chi connectivity index (χ3n) is 3.83. The molecule has 0 saturated heterocycles. The lowest BCUT2D eigenvalue weighted by Gasteiger charge is -2.17. The molecule has 27 heavy (non-hydrogen) atoms. The lowest BCUT2D eigenvalue weighted by atomic mass is 10.2. The summed E-state index contributed by atoms with van der Waals surface area (Å²) in [6.07, 6.45) is 0. The van der Waals surface area contributed by atoms with Crippen molar-refractivity contribution < 1.29 is 22.7 Å². The zero-order valence-electron chi connectivity index (χ0n) is 15.1. The van der Waals surface area contributed by atoms with Gasteiger partial charge in [-0.25, -0.2) is 8.42 Å². The molecule has 0 spiro atoms. The zero-order chi connectivity index (χ0) is 19.9. The number of hydrogen-bond acceptors (Lipinski definition) is 6. The van der Waals surface area contributed by atoms with Gasteiger partial charge in [0.15, 0.2) is 9.84 Å². The van der Waals surface area contributed by atoms with E-state index in [0.29, 0.717) is 4.88 Å². The minimum absolute atomic E-state index is 0.172. The molecule has 0 unspecified atom stereocenters. The molecule has 1 aromatic heterocycles. The van der Waals surface area contributed by atoms with Gasteiger partial charge in [-0.1, -0.05) is 23.8 Å². The van der Waals surface area contributed by atoms with Crippen LogP contribution in [0.4, 0.5) is 0 Å². The number of hydrogen-bond donors (Lipinski definition) is 2. The lowest BCUT2D eigenvalue weighted by molar-refractivity contribution is -0.139. The molecule has 146 valence electrons. The number of carbonyl (C=O) groups is 2. The molecule has 0 saturated carbocycles. The molecule has 1 atom stereocenters. The number of methoxy groups -OCH3 is 1. The van der Waals surface area contributed by atoms with Crippen LogP contribution in [0.3, 0.4) is 0 Å². The molecule has 0 fully saturated rings.